The fourth-order valence-electron chi connectivity index (χ4n) is 1.22. The second-order valence-corrected chi connectivity index (χ2v) is 3.80. The van der Waals surface area contributed by atoms with Gasteiger partial charge >= 0.3 is 0 Å². The van der Waals surface area contributed by atoms with Crippen LogP contribution in [0.1, 0.15) is 10.5 Å². The minimum absolute atomic E-state index is 0.205. The molecule has 82 valence electrons. The third-order valence-corrected chi connectivity index (χ3v) is 2.37. The van der Waals surface area contributed by atoms with E-state index >= 15 is 0 Å². The predicted octanol–water partition coefficient (Wildman–Crippen LogP) is 1.67. The lowest BCUT2D eigenvalue weighted by atomic mass is 10.4. The first kappa shape index (κ1) is 10.9. The summed E-state index contributed by atoms with van der Waals surface area (Å²) in [5.41, 5.74) is 5.38. The van der Waals surface area contributed by atoms with Crippen LogP contribution in [0.5, 0.6) is 0 Å². The van der Waals surface area contributed by atoms with Gasteiger partial charge in [0.25, 0.3) is 5.91 Å². The first-order chi connectivity index (χ1) is 7.59. The zero-order valence-corrected chi connectivity index (χ0v) is 9.40. The number of amides is 1. The Hall–Kier alpha value is -1.59. The van der Waals surface area contributed by atoms with Crippen molar-refractivity contribution in [3.8, 4) is 5.82 Å². The van der Waals surface area contributed by atoms with Crippen LogP contribution in [-0.2, 0) is 0 Å². The maximum Gasteiger partial charge on any atom is 0.267 e. The molecule has 5 nitrogen and oxygen atoms in total. The molecule has 2 heterocycles. The van der Waals surface area contributed by atoms with Crippen LogP contribution in [0.4, 0.5) is 0 Å². The van der Waals surface area contributed by atoms with E-state index in [2.05, 4.69) is 10.1 Å². The Morgan fingerprint density at radius 3 is 2.81 bits per heavy atom. The van der Waals surface area contributed by atoms with Crippen molar-refractivity contribution in [3.05, 3.63) is 40.3 Å². The molecule has 0 fully saturated rings. The maximum absolute atomic E-state index is 11.1. The van der Waals surface area contributed by atoms with Crippen molar-refractivity contribution in [3.63, 3.8) is 0 Å². The molecule has 0 bridgehead atoms. The molecule has 0 saturated heterocycles. The summed E-state index contributed by atoms with van der Waals surface area (Å²) in [7, 11) is 0. The van der Waals surface area contributed by atoms with Gasteiger partial charge in [0.2, 0.25) is 0 Å². The van der Waals surface area contributed by atoms with E-state index in [-0.39, 0.29) is 5.69 Å². The molecule has 0 aliphatic rings. The van der Waals surface area contributed by atoms with Crippen LogP contribution in [0.15, 0.2) is 24.5 Å². The van der Waals surface area contributed by atoms with Crippen molar-refractivity contribution in [1.82, 2.24) is 14.8 Å². The number of halogens is 2. The molecule has 7 heteroatoms. The van der Waals surface area contributed by atoms with Gasteiger partial charge in [0, 0.05) is 6.20 Å². The Morgan fingerprint density at radius 2 is 2.19 bits per heavy atom. The number of rotatable bonds is 2. The molecule has 2 aromatic heterocycles. The van der Waals surface area contributed by atoms with Gasteiger partial charge in [-0.05, 0) is 12.1 Å². The third-order valence-electron chi connectivity index (χ3n) is 1.88. The SMILES string of the molecule is NC(=O)c1ccnn1-c1ncc(Cl)cc1Cl. The van der Waals surface area contributed by atoms with Crippen molar-refractivity contribution in [2.24, 2.45) is 5.73 Å². The molecule has 0 saturated carbocycles. The zero-order valence-electron chi connectivity index (χ0n) is 7.89. The number of hydrogen-bond donors (Lipinski definition) is 1. The lowest BCUT2D eigenvalue weighted by molar-refractivity contribution is 0.0993. The van der Waals surface area contributed by atoms with Crippen molar-refractivity contribution in [2.75, 3.05) is 0 Å². The van der Waals surface area contributed by atoms with Gasteiger partial charge in [-0.3, -0.25) is 4.79 Å². The average Bonchev–Trinajstić information content (AvgIpc) is 2.66. The van der Waals surface area contributed by atoms with Gasteiger partial charge in [-0.15, -0.1) is 0 Å². The quantitative estimate of drug-likeness (QED) is 0.889. The molecule has 16 heavy (non-hydrogen) atoms. The van der Waals surface area contributed by atoms with Crippen LogP contribution in [0.2, 0.25) is 10.0 Å². The van der Waals surface area contributed by atoms with Crippen LogP contribution >= 0.6 is 23.2 Å². The molecule has 0 unspecified atom stereocenters. The van der Waals surface area contributed by atoms with Crippen LogP contribution in [-0.4, -0.2) is 20.7 Å². The molecule has 0 spiro atoms. The number of carbonyl (C=O) groups excluding carboxylic acids is 1. The Balaban J connectivity index is 2.59. The van der Waals surface area contributed by atoms with Gasteiger partial charge in [-0.2, -0.15) is 5.10 Å². The largest absolute Gasteiger partial charge is 0.364 e. The smallest absolute Gasteiger partial charge is 0.267 e. The maximum atomic E-state index is 11.1. The average molecular weight is 257 g/mol. The number of hydrogen-bond acceptors (Lipinski definition) is 3. The number of nitrogens with zero attached hydrogens (tertiary/aromatic N) is 3. The molecule has 2 N–H and O–H groups in total. The predicted molar refractivity (Wildman–Crippen MR) is 59.9 cm³/mol. The fraction of sp³-hybridized carbons (Fsp3) is 0. The summed E-state index contributed by atoms with van der Waals surface area (Å²) in [4.78, 5) is 15.1. The summed E-state index contributed by atoms with van der Waals surface area (Å²) in [6.45, 7) is 0. The molecule has 0 atom stereocenters. The third kappa shape index (κ3) is 1.87. The van der Waals surface area contributed by atoms with E-state index in [0.29, 0.717) is 15.9 Å². The molecular weight excluding hydrogens is 251 g/mol. The second kappa shape index (κ2) is 4.11. The molecule has 1 amide bonds. The molecule has 2 aromatic rings. The first-order valence-corrected chi connectivity index (χ1v) is 5.00. The highest BCUT2D eigenvalue weighted by Gasteiger charge is 2.13. The summed E-state index contributed by atoms with van der Waals surface area (Å²) in [6.07, 6.45) is 2.85. The van der Waals surface area contributed by atoms with E-state index < -0.39 is 5.91 Å². The number of aromatic nitrogens is 3. The summed E-state index contributed by atoms with van der Waals surface area (Å²) in [5, 5.41) is 4.62. The van der Waals surface area contributed by atoms with Crippen LogP contribution < -0.4 is 5.73 Å². The lowest BCUT2D eigenvalue weighted by Gasteiger charge is -2.05. The number of primary amides is 1. The molecule has 0 radical (unpaired) electrons. The molecule has 0 aromatic carbocycles. The number of pyridine rings is 1. The van der Waals surface area contributed by atoms with E-state index in [9.17, 15) is 4.79 Å². The second-order valence-electron chi connectivity index (χ2n) is 2.95. The lowest BCUT2D eigenvalue weighted by Crippen LogP contribution is -2.17. The van der Waals surface area contributed by atoms with Crippen molar-refractivity contribution >= 4 is 29.1 Å². The normalized spacial score (nSPS) is 10.4. The van der Waals surface area contributed by atoms with E-state index in [1.165, 1.54) is 29.2 Å². The van der Waals surface area contributed by atoms with Gasteiger partial charge in [0.15, 0.2) is 5.82 Å². The number of carbonyl (C=O) groups is 1. The summed E-state index contributed by atoms with van der Waals surface area (Å²) < 4.78 is 1.26. The van der Waals surface area contributed by atoms with Crippen molar-refractivity contribution < 1.29 is 4.79 Å². The topological polar surface area (TPSA) is 73.8 Å². The van der Waals surface area contributed by atoms with Crippen molar-refractivity contribution in [1.29, 1.82) is 0 Å². The summed E-state index contributed by atoms with van der Waals surface area (Å²) in [6, 6.07) is 2.99. The van der Waals surface area contributed by atoms with E-state index in [1.54, 1.807) is 0 Å². The Labute approximate surface area is 101 Å². The fourth-order valence-corrected chi connectivity index (χ4v) is 1.68. The first-order valence-electron chi connectivity index (χ1n) is 4.25. The Bertz CT molecular complexity index is 552. The molecule has 0 aliphatic heterocycles. The van der Waals surface area contributed by atoms with E-state index in [0.717, 1.165) is 0 Å². The summed E-state index contributed by atoms with van der Waals surface area (Å²) >= 11 is 11.7. The highest BCUT2D eigenvalue weighted by atomic mass is 35.5. The molecular formula is C9H6Cl2N4O. The van der Waals surface area contributed by atoms with Crippen LogP contribution in [0.3, 0.4) is 0 Å². The van der Waals surface area contributed by atoms with Gasteiger partial charge in [0.05, 0.1) is 16.2 Å². The Morgan fingerprint density at radius 1 is 1.44 bits per heavy atom. The molecule has 0 aliphatic carbocycles. The van der Waals surface area contributed by atoms with Crippen LogP contribution in [0, 0.1) is 0 Å². The zero-order chi connectivity index (χ0) is 11.7. The highest BCUT2D eigenvalue weighted by Crippen LogP contribution is 2.22. The standard InChI is InChI=1S/C9H6Cl2N4O/c10-5-3-6(11)9(13-4-5)15-7(8(12)16)1-2-14-15/h1-4H,(H2,12,16). The summed E-state index contributed by atoms with van der Waals surface area (Å²) in [5.74, 6) is -0.296. The minimum atomic E-state index is -0.606. The number of nitrogens with two attached hydrogens (primary N) is 1. The minimum Gasteiger partial charge on any atom is -0.364 e. The van der Waals surface area contributed by atoms with Crippen molar-refractivity contribution in [2.45, 2.75) is 0 Å². The highest BCUT2D eigenvalue weighted by molar-refractivity contribution is 6.35. The van der Waals surface area contributed by atoms with E-state index in [1.807, 2.05) is 0 Å². The van der Waals surface area contributed by atoms with Gasteiger partial charge in [-0.25, -0.2) is 9.67 Å². The molecule has 2 rings (SSSR count). The van der Waals surface area contributed by atoms with Gasteiger partial charge in [0.1, 0.15) is 5.69 Å². The van der Waals surface area contributed by atoms with Crippen LogP contribution in [0.25, 0.3) is 5.82 Å². The van der Waals surface area contributed by atoms with Gasteiger partial charge in [-0.1, -0.05) is 23.2 Å². The monoisotopic (exact) mass is 256 g/mol. The van der Waals surface area contributed by atoms with E-state index in [4.69, 9.17) is 28.9 Å². The Kier molecular flexibility index (Phi) is 2.80. The van der Waals surface area contributed by atoms with Gasteiger partial charge < -0.3 is 5.73 Å².